The van der Waals surface area contributed by atoms with Crippen molar-refractivity contribution in [3.63, 3.8) is 0 Å². The summed E-state index contributed by atoms with van der Waals surface area (Å²) in [7, 11) is 0. The van der Waals surface area contributed by atoms with Gasteiger partial charge >= 0.3 is 0 Å². The third kappa shape index (κ3) is 5.51. The van der Waals surface area contributed by atoms with Crippen LogP contribution in [-0.4, -0.2) is 26.8 Å². The van der Waals surface area contributed by atoms with E-state index >= 15 is 0 Å². The van der Waals surface area contributed by atoms with Gasteiger partial charge in [-0.1, -0.05) is 18.2 Å². The molecule has 0 fully saturated rings. The molecule has 9 heteroatoms. The molecule has 0 saturated heterocycles. The molecule has 0 atom stereocenters. The molecular weight excluding hydrogens is 466 g/mol. The topological polar surface area (TPSA) is 135 Å². The number of nitrogens with two attached hydrogens (primary N) is 1. The molecule has 9 nitrogen and oxygen atoms in total. The normalized spacial score (nSPS) is 10.6. The van der Waals surface area contributed by atoms with Gasteiger partial charge in [-0.2, -0.15) is 0 Å². The smallest absolute Gasteiger partial charge is 0.256 e. The number of hydrogen-bond acceptors (Lipinski definition) is 7. The Morgan fingerprint density at radius 3 is 2.38 bits per heavy atom. The first-order chi connectivity index (χ1) is 17.9. The zero-order valence-corrected chi connectivity index (χ0v) is 19.9. The molecule has 37 heavy (non-hydrogen) atoms. The Kier molecular flexibility index (Phi) is 6.41. The number of nitrogens with zero attached hydrogens (tertiary/aromatic N) is 3. The highest BCUT2D eigenvalue weighted by atomic mass is 16.2. The van der Waals surface area contributed by atoms with Crippen molar-refractivity contribution >= 4 is 51.3 Å². The van der Waals surface area contributed by atoms with E-state index in [9.17, 15) is 9.59 Å². The number of benzene rings is 3. The van der Waals surface area contributed by atoms with Crippen LogP contribution in [0.2, 0.25) is 0 Å². The van der Waals surface area contributed by atoms with Gasteiger partial charge < -0.3 is 21.7 Å². The average Bonchev–Trinajstić information content (AvgIpc) is 2.90. The fourth-order valence-electron chi connectivity index (χ4n) is 3.77. The van der Waals surface area contributed by atoms with Crippen molar-refractivity contribution in [2.24, 2.45) is 0 Å². The molecule has 0 aliphatic carbocycles. The van der Waals surface area contributed by atoms with Crippen LogP contribution >= 0.6 is 0 Å². The summed E-state index contributed by atoms with van der Waals surface area (Å²) in [6.45, 7) is 1.83. The van der Waals surface area contributed by atoms with Crippen LogP contribution < -0.4 is 21.7 Å². The molecule has 182 valence electrons. The number of pyridine rings is 1. The maximum Gasteiger partial charge on any atom is 0.256 e. The minimum absolute atomic E-state index is 0.273. The number of fused-ring (bicyclic) bond motifs is 1. The summed E-state index contributed by atoms with van der Waals surface area (Å²) < 4.78 is 0. The fraction of sp³-hybridized carbons (Fsp3) is 0.0357. The number of aromatic nitrogens is 3. The lowest BCUT2D eigenvalue weighted by atomic mass is 10.1. The summed E-state index contributed by atoms with van der Waals surface area (Å²) in [5.74, 6) is -0.244. The quantitative estimate of drug-likeness (QED) is 0.242. The number of nitrogens with one attached hydrogen (secondary N) is 3. The Balaban J connectivity index is 1.27. The predicted molar refractivity (Wildman–Crippen MR) is 145 cm³/mol. The summed E-state index contributed by atoms with van der Waals surface area (Å²) >= 11 is 0. The Morgan fingerprint density at radius 2 is 1.57 bits per heavy atom. The summed E-state index contributed by atoms with van der Waals surface area (Å²) in [5.41, 5.74) is 9.80. The molecule has 0 saturated carbocycles. The second kappa shape index (κ2) is 10.1. The van der Waals surface area contributed by atoms with Crippen LogP contribution in [0.1, 0.15) is 26.3 Å². The van der Waals surface area contributed by atoms with Gasteiger partial charge in [0.05, 0.1) is 18.1 Å². The van der Waals surface area contributed by atoms with Gasteiger partial charge in [0.25, 0.3) is 11.8 Å². The predicted octanol–water partition coefficient (Wildman–Crippen LogP) is 5.16. The molecule has 0 radical (unpaired) electrons. The summed E-state index contributed by atoms with van der Waals surface area (Å²) in [6.07, 6.45) is 6.45. The number of rotatable bonds is 6. The van der Waals surface area contributed by atoms with Crippen LogP contribution in [0.3, 0.4) is 0 Å². The third-order valence-corrected chi connectivity index (χ3v) is 5.70. The lowest BCUT2D eigenvalue weighted by Gasteiger charge is -2.11. The third-order valence-electron chi connectivity index (χ3n) is 5.70. The minimum Gasteiger partial charge on any atom is -0.399 e. The highest BCUT2D eigenvalue weighted by molar-refractivity contribution is 6.09. The highest BCUT2D eigenvalue weighted by Gasteiger charge is 2.13. The van der Waals surface area contributed by atoms with Gasteiger partial charge in [-0.25, -0.2) is 9.97 Å². The van der Waals surface area contributed by atoms with E-state index in [1.807, 2.05) is 31.2 Å². The molecule has 0 bridgehead atoms. The van der Waals surface area contributed by atoms with E-state index in [-0.39, 0.29) is 11.8 Å². The van der Waals surface area contributed by atoms with Crippen LogP contribution in [0.15, 0.2) is 91.5 Å². The van der Waals surface area contributed by atoms with Gasteiger partial charge in [-0.3, -0.25) is 14.6 Å². The number of hydrogen-bond donors (Lipinski definition) is 4. The van der Waals surface area contributed by atoms with Gasteiger partial charge in [0, 0.05) is 46.0 Å². The maximum absolute atomic E-state index is 13.0. The van der Waals surface area contributed by atoms with Crippen LogP contribution in [0.5, 0.6) is 0 Å². The lowest BCUT2D eigenvalue weighted by Crippen LogP contribution is -2.16. The van der Waals surface area contributed by atoms with E-state index in [0.717, 1.165) is 22.0 Å². The van der Waals surface area contributed by atoms with Crippen LogP contribution in [-0.2, 0) is 0 Å². The number of carbonyl (C=O) groups excluding carboxylic acids is 2. The van der Waals surface area contributed by atoms with Crippen molar-refractivity contribution in [2.45, 2.75) is 6.92 Å². The molecular formula is C28H23N7O2. The molecule has 0 spiro atoms. The zero-order valence-electron chi connectivity index (χ0n) is 19.9. The number of carbonyl (C=O) groups is 2. The minimum atomic E-state index is -0.341. The zero-order chi connectivity index (χ0) is 25.8. The Morgan fingerprint density at radius 1 is 0.757 bits per heavy atom. The summed E-state index contributed by atoms with van der Waals surface area (Å²) in [4.78, 5) is 38.4. The first-order valence-electron chi connectivity index (χ1n) is 11.5. The molecule has 5 aromatic rings. The molecule has 2 amide bonds. The Hall–Kier alpha value is -5.31. The van der Waals surface area contributed by atoms with Crippen molar-refractivity contribution in [2.75, 3.05) is 21.7 Å². The van der Waals surface area contributed by atoms with Gasteiger partial charge in [-0.15, -0.1) is 0 Å². The number of anilines is 5. The van der Waals surface area contributed by atoms with Crippen LogP contribution in [0, 0.1) is 6.92 Å². The Bertz CT molecular complexity index is 1620. The number of nitrogen functional groups attached to an aromatic ring is 1. The maximum atomic E-state index is 13.0. The van der Waals surface area contributed by atoms with Crippen molar-refractivity contribution in [1.82, 2.24) is 15.0 Å². The van der Waals surface area contributed by atoms with E-state index in [0.29, 0.717) is 34.1 Å². The van der Waals surface area contributed by atoms with Crippen LogP contribution in [0.25, 0.3) is 10.8 Å². The van der Waals surface area contributed by atoms with E-state index in [1.54, 1.807) is 54.9 Å². The monoisotopic (exact) mass is 489 g/mol. The van der Waals surface area contributed by atoms with Crippen LogP contribution in [0.4, 0.5) is 28.7 Å². The van der Waals surface area contributed by atoms with Crippen molar-refractivity contribution in [3.8, 4) is 0 Å². The fourth-order valence-corrected chi connectivity index (χ4v) is 3.77. The van der Waals surface area contributed by atoms with Crippen molar-refractivity contribution in [1.29, 1.82) is 0 Å². The molecule has 5 N–H and O–H groups in total. The molecule has 2 aromatic heterocycles. The Labute approximate surface area is 212 Å². The second-order valence-electron chi connectivity index (χ2n) is 8.42. The average molecular weight is 490 g/mol. The van der Waals surface area contributed by atoms with E-state index in [1.165, 1.54) is 12.4 Å². The number of amides is 2. The molecule has 0 unspecified atom stereocenters. The van der Waals surface area contributed by atoms with Crippen molar-refractivity contribution < 1.29 is 9.59 Å². The summed E-state index contributed by atoms with van der Waals surface area (Å²) in [6, 6.07) is 19.7. The molecule has 2 heterocycles. The van der Waals surface area contributed by atoms with Gasteiger partial charge in [0.15, 0.2) is 0 Å². The van der Waals surface area contributed by atoms with Gasteiger partial charge in [0.1, 0.15) is 0 Å². The first kappa shape index (κ1) is 23.4. The number of aryl methyl sites for hydroxylation is 1. The van der Waals surface area contributed by atoms with E-state index < -0.39 is 0 Å². The second-order valence-corrected chi connectivity index (χ2v) is 8.42. The summed E-state index contributed by atoms with van der Waals surface area (Å²) in [5, 5.41) is 10.6. The molecule has 0 aliphatic heterocycles. The molecule has 5 rings (SSSR count). The van der Waals surface area contributed by atoms with E-state index in [2.05, 4.69) is 30.9 Å². The largest absolute Gasteiger partial charge is 0.399 e. The molecule has 3 aromatic carbocycles. The van der Waals surface area contributed by atoms with E-state index in [4.69, 9.17) is 5.73 Å². The SMILES string of the molecule is Cc1ccc(NC(=O)c2ccc3cnccc3c2)cc1C(=O)Nc1cnc(Nc2cccc(N)c2)nc1. The first-order valence-corrected chi connectivity index (χ1v) is 11.5. The highest BCUT2D eigenvalue weighted by Crippen LogP contribution is 2.21. The lowest BCUT2D eigenvalue weighted by molar-refractivity contribution is 0.101. The standard InChI is InChI=1S/C28H23N7O2/c1-17-5-8-23(33-26(36)19-6-7-20-14-30-10-9-18(20)11-19)13-25(17)27(37)34-24-15-31-28(32-16-24)35-22-4-2-3-21(29)12-22/h2-16H,29H2,1H3,(H,33,36)(H,34,37)(H,31,32,35). The molecule has 0 aliphatic rings. The van der Waals surface area contributed by atoms with Gasteiger partial charge in [0.2, 0.25) is 5.95 Å². The van der Waals surface area contributed by atoms with Crippen molar-refractivity contribution in [3.05, 3.63) is 108 Å². The van der Waals surface area contributed by atoms with Gasteiger partial charge in [-0.05, 0) is 66.4 Å².